The number of halogens is 1. The highest BCUT2D eigenvalue weighted by Crippen LogP contribution is 2.25. The molecular weight excluding hydrogens is 280 g/mol. The van der Waals surface area contributed by atoms with Crippen molar-refractivity contribution in [2.75, 3.05) is 37.2 Å². The van der Waals surface area contributed by atoms with Gasteiger partial charge in [0.15, 0.2) is 0 Å². The van der Waals surface area contributed by atoms with Crippen LogP contribution >= 0.6 is 23.4 Å². The van der Waals surface area contributed by atoms with Gasteiger partial charge in [-0.2, -0.15) is 0 Å². The fourth-order valence-electron chi connectivity index (χ4n) is 1.59. The second kappa shape index (κ2) is 9.39. The van der Waals surface area contributed by atoms with Gasteiger partial charge < -0.3 is 10.2 Å². The predicted molar refractivity (Wildman–Crippen MR) is 84.3 cm³/mol. The van der Waals surface area contributed by atoms with E-state index < -0.39 is 0 Å². The van der Waals surface area contributed by atoms with E-state index in [0.717, 1.165) is 43.4 Å². The number of nitrogens with zero attached hydrogens (tertiary/aromatic N) is 3. The molecule has 1 rings (SSSR count). The molecule has 1 aromatic rings. The zero-order valence-corrected chi connectivity index (χ0v) is 13.5. The van der Waals surface area contributed by atoms with Gasteiger partial charge in [0.25, 0.3) is 0 Å². The molecule has 0 aromatic carbocycles. The van der Waals surface area contributed by atoms with Gasteiger partial charge in [0.2, 0.25) is 5.95 Å². The van der Waals surface area contributed by atoms with Crippen molar-refractivity contribution in [2.45, 2.75) is 32.2 Å². The molecule has 4 nitrogen and oxygen atoms in total. The summed E-state index contributed by atoms with van der Waals surface area (Å²) in [5.41, 5.74) is 0. The third-order valence-corrected chi connectivity index (χ3v) is 4.15. The van der Waals surface area contributed by atoms with Gasteiger partial charge in [0, 0.05) is 18.8 Å². The van der Waals surface area contributed by atoms with E-state index in [4.69, 9.17) is 11.6 Å². The monoisotopic (exact) mass is 302 g/mol. The lowest BCUT2D eigenvalue weighted by Crippen LogP contribution is -2.25. The van der Waals surface area contributed by atoms with Crippen LogP contribution in [0.25, 0.3) is 0 Å². The van der Waals surface area contributed by atoms with Crippen molar-refractivity contribution in [1.29, 1.82) is 0 Å². The first-order valence-electron chi connectivity index (χ1n) is 6.82. The van der Waals surface area contributed by atoms with E-state index >= 15 is 0 Å². The fraction of sp³-hybridized carbons (Fsp3) is 0.692. The molecule has 108 valence electrons. The minimum absolute atomic E-state index is 0.631. The van der Waals surface area contributed by atoms with Crippen molar-refractivity contribution < 1.29 is 0 Å². The predicted octanol–water partition coefficient (Wildman–Crippen LogP) is 3.39. The number of anilines is 1. The molecule has 6 heteroatoms. The minimum Gasteiger partial charge on any atom is -0.354 e. The molecule has 0 aliphatic carbocycles. The van der Waals surface area contributed by atoms with E-state index in [0.29, 0.717) is 11.0 Å². The van der Waals surface area contributed by atoms with Gasteiger partial charge in [-0.1, -0.05) is 32.4 Å². The lowest BCUT2D eigenvalue weighted by Gasteiger charge is -2.17. The highest BCUT2D eigenvalue weighted by molar-refractivity contribution is 7.99. The molecule has 0 saturated carbocycles. The summed E-state index contributed by atoms with van der Waals surface area (Å²) in [6.07, 6.45) is 2.72. The maximum atomic E-state index is 6.13. The first kappa shape index (κ1) is 16.5. The van der Waals surface area contributed by atoms with Crippen LogP contribution in [-0.4, -0.2) is 46.8 Å². The first-order chi connectivity index (χ1) is 9.21. The highest BCUT2D eigenvalue weighted by atomic mass is 35.5. The SMILES string of the molecule is CCCNc1ncc(Cl)c(SCCN(CC)CC)n1. The van der Waals surface area contributed by atoms with E-state index in [-0.39, 0.29) is 0 Å². The number of thioether (sulfide) groups is 1. The second-order valence-corrected chi connectivity index (χ2v) is 5.64. The number of aromatic nitrogens is 2. The Labute approximate surface area is 125 Å². The molecule has 0 aliphatic heterocycles. The van der Waals surface area contributed by atoms with Crippen molar-refractivity contribution in [3.63, 3.8) is 0 Å². The lowest BCUT2D eigenvalue weighted by atomic mass is 10.5. The first-order valence-corrected chi connectivity index (χ1v) is 8.19. The van der Waals surface area contributed by atoms with Crippen molar-refractivity contribution in [1.82, 2.24) is 14.9 Å². The van der Waals surface area contributed by atoms with Gasteiger partial charge in [-0.3, -0.25) is 0 Å². The Morgan fingerprint density at radius 3 is 2.68 bits per heavy atom. The van der Waals surface area contributed by atoms with Crippen LogP contribution < -0.4 is 5.32 Å². The van der Waals surface area contributed by atoms with Crippen molar-refractivity contribution in [2.24, 2.45) is 0 Å². The topological polar surface area (TPSA) is 41.1 Å². The van der Waals surface area contributed by atoms with Crippen molar-refractivity contribution in [3.05, 3.63) is 11.2 Å². The maximum Gasteiger partial charge on any atom is 0.223 e. The van der Waals surface area contributed by atoms with Gasteiger partial charge in [-0.05, 0) is 19.5 Å². The summed E-state index contributed by atoms with van der Waals surface area (Å²) in [5.74, 6) is 1.66. The molecule has 19 heavy (non-hydrogen) atoms. The fourth-order valence-corrected chi connectivity index (χ4v) is 2.73. The summed E-state index contributed by atoms with van der Waals surface area (Å²) in [6, 6.07) is 0. The van der Waals surface area contributed by atoms with Crippen LogP contribution in [0.4, 0.5) is 5.95 Å². The van der Waals surface area contributed by atoms with Gasteiger partial charge in [-0.25, -0.2) is 9.97 Å². The van der Waals surface area contributed by atoms with E-state index in [1.54, 1.807) is 18.0 Å². The average Bonchev–Trinajstić information content (AvgIpc) is 2.44. The summed E-state index contributed by atoms with van der Waals surface area (Å²) in [7, 11) is 0. The Balaban J connectivity index is 2.51. The maximum absolute atomic E-state index is 6.13. The second-order valence-electron chi connectivity index (χ2n) is 4.15. The molecule has 1 N–H and O–H groups in total. The van der Waals surface area contributed by atoms with E-state index in [1.165, 1.54) is 0 Å². The zero-order valence-electron chi connectivity index (χ0n) is 11.9. The Kier molecular flexibility index (Phi) is 8.18. The molecule has 1 heterocycles. The molecule has 0 aliphatic rings. The summed E-state index contributed by atoms with van der Waals surface area (Å²) < 4.78 is 0. The molecule has 0 amide bonds. The smallest absolute Gasteiger partial charge is 0.223 e. The average molecular weight is 303 g/mol. The Hall–Kier alpha value is -0.520. The van der Waals surface area contributed by atoms with Crippen LogP contribution in [0.3, 0.4) is 0 Å². The zero-order chi connectivity index (χ0) is 14.1. The van der Waals surface area contributed by atoms with Gasteiger partial charge in [-0.15, -0.1) is 11.8 Å². The quantitative estimate of drug-likeness (QED) is 0.559. The van der Waals surface area contributed by atoms with Crippen LogP contribution in [0.15, 0.2) is 11.2 Å². The normalized spacial score (nSPS) is 11.0. The Bertz CT molecular complexity index is 372. The van der Waals surface area contributed by atoms with Crippen LogP contribution in [0.2, 0.25) is 5.02 Å². The standard InChI is InChI=1S/C13H23ClN4S/c1-4-7-15-13-16-10-11(14)12(17-13)19-9-8-18(5-2)6-3/h10H,4-9H2,1-3H3,(H,15,16,17). The van der Waals surface area contributed by atoms with E-state index in [2.05, 4.69) is 41.0 Å². The van der Waals surface area contributed by atoms with Crippen molar-refractivity contribution >= 4 is 29.3 Å². The molecule has 1 aromatic heterocycles. The number of rotatable bonds is 9. The lowest BCUT2D eigenvalue weighted by molar-refractivity contribution is 0.324. The number of hydrogen-bond acceptors (Lipinski definition) is 5. The Morgan fingerprint density at radius 2 is 2.05 bits per heavy atom. The van der Waals surface area contributed by atoms with Crippen LogP contribution in [0.1, 0.15) is 27.2 Å². The Morgan fingerprint density at radius 1 is 1.32 bits per heavy atom. The highest BCUT2D eigenvalue weighted by Gasteiger charge is 2.07. The van der Waals surface area contributed by atoms with Gasteiger partial charge in [0.1, 0.15) is 5.03 Å². The van der Waals surface area contributed by atoms with Gasteiger partial charge >= 0.3 is 0 Å². The molecular formula is C13H23ClN4S. The molecule has 0 radical (unpaired) electrons. The molecule has 0 bridgehead atoms. The molecule has 0 spiro atoms. The van der Waals surface area contributed by atoms with E-state index in [1.807, 2.05) is 0 Å². The van der Waals surface area contributed by atoms with Crippen LogP contribution in [0.5, 0.6) is 0 Å². The molecule has 0 unspecified atom stereocenters. The summed E-state index contributed by atoms with van der Waals surface area (Å²) in [4.78, 5) is 11.0. The number of nitrogens with one attached hydrogen (secondary N) is 1. The van der Waals surface area contributed by atoms with E-state index in [9.17, 15) is 0 Å². The summed E-state index contributed by atoms with van der Waals surface area (Å²) >= 11 is 7.82. The third-order valence-electron chi connectivity index (χ3n) is 2.79. The summed E-state index contributed by atoms with van der Waals surface area (Å²) in [6.45, 7) is 10.6. The van der Waals surface area contributed by atoms with Crippen LogP contribution in [0, 0.1) is 0 Å². The molecule has 0 atom stereocenters. The molecule has 0 fully saturated rings. The van der Waals surface area contributed by atoms with Crippen molar-refractivity contribution in [3.8, 4) is 0 Å². The number of hydrogen-bond donors (Lipinski definition) is 1. The minimum atomic E-state index is 0.631. The van der Waals surface area contributed by atoms with Crippen LogP contribution in [-0.2, 0) is 0 Å². The summed E-state index contributed by atoms with van der Waals surface area (Å²) in [5, 5.41) is 4.67. The van der Waals surface area contributed by atoms with Gasteiger partial charge in [0.05, 0.1) is 11.2 Å². The molecule has 0 saturated heterocycles. The third kappa shape index (κ3) is 5.97. The largest absolute Gasteiger partial charge is 0.354 e.